The Morgan fingerprint density at radius 2 is 2.41 bits per heavy atom. The number of nitrogens with zero attached hydrogens (tertiary/aromatic N) is 2. The molecule has 3 aliphatic rings. The maximum absolute atomic E-state index is 12.3. The van der Waals surface area contributed by atoms with Crippen LogP contribution in [0.15, 0.2) is 0 Å². The van der Waals surface area contributed by atoms with Gasteiger partial charge in [-0.3, -0.25) is 14.4 Å². The number of hydrogen-bond donors (Lipinski definition) is 0. The second kappa shape index (κ2) is 3.88. The fourth-order valence-electron chi connectivity index (χ4n) is 2.79. The predicted octanol–water partition coefficient (Wildman–Crippen LogP) is 0.604. The Kier molecular flexibility index (Phi) is 2.59. The number of hydroxylamine groups is 2. The molecule has 2 unspecified atom stereocenters. The minimum atomic E-state index is -0.321. The van der Waals surface area contributed by atoms with Gasteiger partial charge in [-0.25, -0.2) is 5.06 Å². The topological polar surface area (TPSA) is 49.9 Å². The molecule has 2 amide bonds. The molecule has 6 heteroatoms. The summed E-state index contributed by atoms with van der Waals surface area (Å²) in [6, 6.07) is -0.321. The third-order valence-corrected chi connectivity index (χ3v) is 5.23. The monoisotopic (exact) mass is 256 g/mol. The number of carbonyl (C=O) groups is 2. The highest BCUT2D eigenvalue weighted by atomic mass is 32.2. The zero-order valence-electron chi connectivity index (χ0n) is 9.85. The highest BCUT2D eigenvalue weighted by molar-refractivity contribution is 8.01. The van der Waals surface area contributed by atoms with Gasteiger partial charge in [-0.2, -0.15) is 0 Å². The SMILES string of the molecule is CC12CCC(=O)N1C(C(=O)N1CCCO1)CS2. The number of thioether (sulfide) groups is 1. The summed E-state index contributed by atoms with van der Waals surface area (Å²) >= 11 is 1.72. The van der Waals surface area contributed by atoms with Gasteiger partial charge in [0.1, 0.15) is 6.04 Å². The maximum Gasteiger partial charge on any atom is 0.269 e. The van der Waals surface area contributed by atoms with E-state index in [4.69, 9.17) is 4.84 Å². The Morgan fingerprint density at radius 1 is 1.59 bits per heavy atom. The van der Waals surface area contributed by atoms with Crippen LogP contribution in [-0.2, 0) is 14.4 Å². The van der Waals surface area contributed by atoms with Crippen LogP contribution in [0.1, 0.15) is 26.2 Å². The first-order valence-electron chi connectivity index (χ1n) is 6.02. The molecule has 3 fully saturated rings. The molecule has 3 aliphatic heterocycles. The van der Waals surface area contributed by atoms with Gasteiger partial charge >= 0.3 is 0 Å². The Balaban J connectivity index is 1.80. The predicted molar refractivity (Wildman–Crippen MR) is 63.0 cm³/mol. The van der Waals surface area contributed by atoms with Crippen molar-refractivity contribution in [1.82, 2.24) is 9.96 Å². The van der Waals surface area contributed by atoms with Gasteiger partial charge in [0.05, 0.1) is 18.0 Å². The van der Waals surface area contributed by atoms with Crippen molar-refractivity contribution < 1.29 is 14.4 Å². The fourth-order valence-corrected chi connectivity index (χ4v) is 4.21. The van der Waals surface area contributed by atoms with Gasteiger partial charge in [-0.1, -0.05) is 0 Å². The molecule has 3 rings (SSSR count). The second-order valence-electron chi connectivity index (χ2n) is 4.89. The number of amides is 2. The molecule has 0 aliphatic carbocycles. The molecule has 0 N–H and O–H groups in total. The summed E-state index contributed by atoms with van der Waals surface area (Å²) in [5.41, 5.74) is 0. The normalized spacial score (nSPS) is 36.8. The lowest BCUT2D eigenvalue weighted by molar-refractivity contribution is -0.175. The molecule has 2 atom stereocenters. The number of hydrogen-bond acceptors (Lipinski definition) is 4. The lowest BCUT2D eigenvalue weighted by Crippen LogP contribution is -2.50. The molecule has 3 heterocycles. The van der Waals surface area contributed by atoms with Gasteiger partial charge < -0.3 is 4.90 Å². The smallest absolute Gasteiger partial charge is 0.269 e. The van der Waals surface area contributed by atoms with E-state index in [0.717, 1.165) is 12.8 Å². The highest BCUT2D eigenvalue weighted by Gasteiger charge is 2.53. The average molecular weight is 256 g/mol. The largest absolute Gasteiger partial charge is 0.315 e. The molecule has 0 saturated carbocycles. The molecule has 0 aromatic carbocycles. The number of fused-ring (bicyclic) bond motifs is 1. The summed E-state index contributed by atoms with van der Waals surface area (Å²) in [4.78, 5) is 31.1. The Morgan fingerprint density at radius 3 is 3.12 bits per heavy atom. The minimum absolute atomic E-state index is 0.0472. The van der Waals surface area contributed by atoms with Gasteiger partial charge in [0.15, 0.2) is 0 Å². The van der Waals surface area contributed by atoms with E-state index in [-0.39, 0.29) is 22.7 Å². The summed E-state index contributed by atoms with van der Waals surface area (Å²) in [6.45, 7) is 3.32. The third-order valence-electron chi connectivity index (χ3n) is 3.73. The van der Waals surface area contributed by atoms with E-state index >= 15 is 0 Å². The van der Waals surface area contributed by atoms with E-state index in [1.54, 1.807) is 16.7 Å². The van der Waals surface area contributed by atoms with Crippen molar-refractivity contribution in [2.45, 2.75) is 37.1 Å². The van der Waals surface area contributed by atoms with E-state index in [1.807, 2.05) is 0 Å². The summed E-state index contributed by atoms with van der Waals surface area (Å²) in [5, 5.41) is 1.43. The van der Waals surface area contributed by atoms with E-state index < -0.39 is 0 Å². The van der Waals surface area contributed by atoms with Gasteiger partial charge in [0.25, 0.3) is 5.91 Å². The number of rotatable bonds is 1. The molecule has 94 valence electrons. The van der Waals surface area contributed by atoms with Crippen LogP contribution >= 0.6 is 11.8 Å². The molecule has 3 saturated heterocycles. The minimum Gasteiger partial charge on any atom is -0.315 e. The van der Waals surface area contributed by atoms with Crippen LogP contribution in [0.3, 0.4) is 0 Å². The Labute approximate surface area is 104 Å². The van der Waals surface area contributed by atoms with Crippen LogP contribution in [0.4, 0.5) is 0 Å². The zero-order chi connectivity index (χ0) is 12.0. The zero-order valence-corrected chi connectivity index (χ0v) is 10.7. The molecule has 0 spiro atoms. The van der Waals surface area contributed by atoms with Crippen molar-refractivity contribution in [2.75, 3.05) is 18.9 Å². The molecular weight excluding hydrogens is 240 g/mol. The highest BCUT2D eigenvalue weighted by Crippen LogP contribution is 2.47. The lowest BCUT2D eigenvalue weighted by Gasteiger charge is -2.31. The summed E-state index contributed by atoms with van der Waals surface area (Å²) in [6.07, 6.45) is 2.30. The molecule has 0 aromatic heterocycles. The van der Waals surface area contributed by atoms with E-state index in [0.29, 0.717) is 25.3 Å². The van der Waals surface area contributed by atoms with Crippen LogP contribution in [0.5, 0.6) is 0 Å². The van der Waals surface area contributed by atoms with Gasteiger partial charge in [0, 0.05) is 12.2 Å². The third kappa shape index (κ3) is 1.65. The van der Waals surface area contributed by atoms with Crippen molar-refractivity contribution in [3.8, 4) is 0 Å². The van der Waals surface area contributed by atoms with Gasteiger partial charge in [0.2, 0.25) is 5.91 Å². The van der Waals surface area contributed by atoms with Gasteiger partial charge in [-0.15, -0.1) is 11.8 Å². The van der Waals surface area contributed by atoms with Crippen molar-refractivity contribution in [1.29, 1.82) is 0 Å². The summed E-state index contributed by atoms with van der Waals surface area (Å²) in [5.74, 6) is 0.755. The molecule has 17 heavy (non-hydrogen) atoms. The molecule has 5 nitrogen and oxygen atoms in total. The standard InChI is InChI=1S/C11H16N2O3S/c1-11-4-3-9(14)13(11)8(7-17-11)10(15)12-5-2-6-16-12/h8H,2-7H2,1H3. The van der Waals surface area contributed by atoms with Crippen molar-refractivity contribution in [3.63, 3.8) is 0 Å². The first-order chi connectivity index (χ1) is 8.12. The molecule has 0 bridgehead atoms. The quantitative estimate of drug-likeness (QED) is 0.689. The average Bonchev–Trinajstić information content (AvgIpc) is 2.97. The molecular formula is C11H16N2O3S. The van der Waals surface area contributed by atoms with E-state index in [2.05, 4.69) is 6.92 Å². The molecule has 0 aromatic rings. The second-order valence-corrected chi connectivity index (χ2v) is 6.39. The van der Waals surface area contributed by atoms with E-state index in [9.17, 15) is 9.59 Å². The van der Waals surface area contributed by atoms with Crippen LogP contribution < -0.4 is 0 Å². The van der Waals surface area contributed by atoms with Crippen molar-refractivity contribution in [3.05, 3.63) is 0 Å². The first kappa shape index (κ1) is 11.3. The van der Waals surface area contributed by atoms with Crippen LogP contribution in [0.2, 0.25) is 0 Å². The van der Waals surface area contributed by atoms with Crippen molar-refractivity contribution in [2.24, 2.45) is 0 Å². The van der Waals surface area contributed by atoms with E-state index in [1.165, 1.54) is 5.06 Å². The number of carbonyl (C=O) groups excluding carboxylic acids is 2. The summed E-state index contributed by atoms with van der Waals surface area (Å²) in [7, 11) is 0. The first-order valence-corrected chi connectivity index (χ1v) is 7.01. The Bertz CT molecular complexity index is 370. The van der Waals surface area contributed by atoms with Crippen LogP contribution in [0, 0.1) is 0 Å². The lowest BCUT2D eigenvalue weighted by atomic mass is 10.2. The van der Waals surface area contributed by atoms with Crippen LogP contribution in [-0.4, -0.2) is 51.6 Å². The maximum atomic E-state index is 12.3. The van der Waals surface area contributed by atoms with Gasteiger partial charge in [-0.05, 0) is 19.8 Å². The van der Waals surface area contributed by atoms with Crippen molar-refractivity contribution >= 4 is 23.6 Å². The molecule has 0 radical (unpaired) electrons. The van der Waals surface area contributed by atoms with Crippen LogP contribution in [0.25, 0.3) is 0 Å². The Hall–Kier alpha value is -0.750. The fraction of sp³-hybridized carbons (Fsp3) is 0.818. The summed E-state index contributed by atoms with van der Waals surface area (Å²) < 4.78 is 0.